The second kappa shape index (κ2) is 15.9. The van der Waals surface area contributed by atoms with E-state index in [-0.39, 0.29) is 5.41 Å². The summed E-state index contributed by atoms with van der Waals surface area (Å²) in [6, 6.07) is 80.9. The third-order valence-electron chi connectivity index (χ3n) is 14.5. The highest BCUT2D eigenvalue weighted by molar-refractivity contribution is 6.11. The number of para-hydroxylation sites is 2. The van der Waals surface area contributed by atoms with Crippen molar-refractivity contribution < 1.29 is 0 Å². The van der Waals surface area contributed by atoms with Crippen LogP contribution in [0.5, 0.6) is 0 Å². The normalized spacial score (nSPS) is 13.8. The fraction of sp³-hybridized carbons (Fsp3) is 0.0769. The van der Waals surface area contributed by atoms with Crippen molar-refractivity contribution in [2.45, 2.75) is 32.1 Å². The Labute approximate surface area is 397 Å². The zero-order valence-electron chi connectivity index (χ0n) is 38.3. The molecule has 0 atom stereocenters. The first-order valence-corrected chi connectivity index (χ1v) is 23.9. The van der Waals surface area contributed by atoms with Gasteiger partial charge in [-0.15, -0.1) is 0 Å². The van der Waals surface area contributed by atoms with Crippen LogP contribution in [0.1, 0.15) is 37.8 Å². The maximum atomic E-state index is 2.48. The van der Waals surface area contributed by atoms with Gasteiger partial charge in [0.1, 0.15) is 0 Å². The first kappa shape index (κ1) is 39.9. The minimum absolute atomic E-state index is 0.128. The van der Waals surface area contributed by atoms with Crippen molar-refractivity contribution in [2.75, 3.05) is 9.80 Å². The minimum Gasteiger partial charge on any atom is -0.311 e. The molecule has 0 radical (unpaired) electrons. The zero-order valence-corrected chi connectivity index (χ0v) is 38.3. The van der Waals surface area contributed by atoms with Crippen molar-refractivity contribution in [2.24, 2.45) is 0 Å². The molecule has 2 aliphatic carbocycles. The second-order valence-electron chi connectivity index (χ2n) is 18.9. The summed E-state index contributed by atoms with van der Waals surface area (Å²) in [6.45, 7) is 4.74. The highest BCUT2D eigenvalue weighted by atomic mass is 15.2. The Balaban J connectivity index is 1.05. The molecule has 3 heteroatoms. The van der Waals surface area contributed by atoms with E-state index in [2.05, 4.69) is 265 Å². The van der Waals surface area contributed by atoms with Crippen molar-refractivity contribution in [3.05, 3.63) is 253 Å². The van der Waals surface area contributed by atoms with Crippen molar-refractivity contribution >= 4 is 71.8 Å². The van der Waals surface area contributed by atoms with Crippen LogP contribution in [0.4, 0.5) is 28.4 Å². The van der Waals surface area contributed by atoms with Gasteiger partial charge >= 0.3 is 0 Å². The minimum atomic E-state index is -0.128. The molecule has 0 unspecified atom stereocenters. The molecule has 0 amide bonds. The van der Waals surface area contributed by atoms with Crippen molar-refractivity contribution in [1.29, 1.82) is 0 Å². The van der Waals surface area contributed by atoms with Gasteiger partial charge in [0, 0.05) is 55.9 Å². The van der Waals surface area contributed by atoms with Gasteiger partial charge in [0.2, 0.25) is 0 Å². The monoisotopic (exact) mass is 871 g/mol. The Hall–Kier alpha value is -8.40. The number of allylic oxidation sites excluding steroid dienone is 3. The van der Waals surface area contributed by atoms with Gasteiger partial charge in [-0.1, -0.05) is 159 Å². The number of benzene rings is 10. The quantitative estimate of drug-likeness (QED) is 0.151. The largest absolute Gasteiger partial charge is 0.311 e. The van der Waals surface area contributed by atoms with E-state index in [1.807, 2.05) is 0 Å². The van der Waals surface area contributed by atoms with Crippen molar-refractivity contribution in [3.8, 4) is 27.9 Å². The van der Waals surface area contributed by atoms with Crippen molar-refractivity contribution in [3.63, 3.8) is 0 Å². The summed E-state index contributed by atoms with van der Waals surface area (Å²) in [4.78, 5) is 4.92. The average Bonchev–Trinajstić information content (AvgIpc) is 3.84. The molecular weight excluding hydrogens is 823 g/mol. The molecule has 0 aliphatic heterocycles. The average molecular weight is 872 g/mol. The molecule has 324 valence electrons. The lowest BCUT2D eigenvalue weighted by Crippen LogP contribution is -2.19. The number of hydrogen-bond acceptors (Lipinski definition) is 2. The van der Waals surface area contributed by atoms with Crippen molar-refractivity contribution in [1.82, 2.24) is 4.57 Å². The SMILES string of the molecule is CC1(C)c2ccccc2-c2ccc(N(C3=CCCC=C3)c3ccc(N(c4ccccc4)c4ccc5ccccc5c4)c(-c4ccc5c(c4)c4ccccc4n5-c4ccc5ccccc5c4)c3)cc21. The molecule has 1 heterocycles. The van der Waals surface area contributed by atoms with Gasteiger partial charge in [-0.2, -0.15) is 0 Å². The molecule has 10 aromatic carbocycles. The van der Waals surface area contributed by atoms with E-state index in [1.165, 1.54) is 71.3 Å². The van der Waals surface area contributed by atoms with Crippen LogP contribution in [0.2, 0.25) is 0 Å². The molecular formula is C65H49N3. The summed E-state index contributed by atoms with van der Waals surface area (Å²) in [7, 11) is 0. The molecule has 2 aliphatic rings. The van der Waals surface area contributed by atoms with Crippen LogP contribution in [0.25, 0.3) is 71.3 Å². The molecule has 3 nitrogen and oxygen atoms in total. The van der Waals surface area contributed by atoms with E-state index in [0.717, 1.165) is 58.1 Å². The molecule has 0 fully saturated rings. The Morgan fingerprint density at radius 1 is 0.412 bits per heavy atom. The molecule has 13 rings (SSSR count). The molecule has 1 aromatic heterocycles. The predicted molar refractivity (Wildman–Crippen MR) is 289 cm³/mol. The zero-order chi connectivity index (χ0) is 45.3. The third-order valence-corrected chi connectivity index (χ3v) is 14.5. The van der Waals surface area contributed by atoms with Gasteiger partial charge in [-0.3, -0.25) is 0 Å². The van der Waals surface area contributed by atoms with E-state index in [1.54, 1.807) is 0 Å². The second-order valence-corrected chi connectivity index (χ2v) is 18.9. The summed E-state index contributed by atoms with van der Waals surface area (Å²) >= 11 is 0. The topological polar surface area (TPSA) is 11.4 Å². The van der Waals surface area contributed by atoms with E-state index in [4.69, 9.17) is 0 Å². The summed E-state index contributed by atoms with van der Waals surface area (Å²) < 4.78 is 2.43. The number of nitrogens with zero attached hydrogens (tertiary/aromatic N) is 3. The molecule has 0 bridgehead atoms. The van der Waals surface area contributed by atoms with Crippen LogP contribution in [0.3, 0.4) is 0 Å². The van der Waals surface area contributed by atoms with Crippen LogP contribution in [-0.2, 0) is 5.41 Å². The van der Waals surface area contributed by atoms with Crippen LogP contribution >= 0.6 is 0 Å². The summed E-state index contributed by atoms with van der Waals surface area (Å²) in [5.74, 6) is 0. The predicted octanol–water partition coefficient (Wildman–Crippen LogP) is 17.9. The van der Waals surface area contributed by atoms with E-state index < -0.39 is 0 Å². The first-order chi connectivity index (χ1) is 33.5. The molecule has 11 aromatic rings. The molecule has 68 heavy (non-hydrogen) atoms. The van der Waals surface area contributed by atoms with E-state index in [9.17, 15) is 0 Å². The van der Waals surface area contributed by atoms with Gasteiger partial charge in [-0.05, 0) is 153 Å². The first-order valence-electron chi connectivity index (χ1n) is 23.9. The fourth-order valence-electron chi connectivity index (χ4n) is 11.2. The Kier molecular flexibility index (Phi) is 9.33. The highest BCUT2D eigenvalue weighted by Gasteiger charge is 2.36. The Morgan fingerprint density at radius 3 is 1.88 bits per heavy atom. The van der Waals surface area contributed by atoms with Crippen LogP contribution in [-0.4, -0.2) is 4.57 Å². The standard InChI is InChI=1S/C65H49N3/c1-65(2)60-27-15-13-25-55(60)56-36-34-54(43-61(56)65)66(49-21-5-3-6-22-49)53-35-38-63(67(50-23-7-4-8-24-50)51-32-29-44-17-9-11-19-46(44)39-51)58(42-53)48-31-37-64-59(41-48)57-26-14-16-28-62(57)68(64)52-33-30-45-18-10-12-20-47(45)40-52/h4-5,7-43H,3,6H2,1-2H3. The van der Waals surface area contributed by atoms with Gasteiger partial charge in [-0.25, -0.2) is 0 Å². The van der Waals surface area contributed by atoms with Gasteiger partial charge in [0.15, 0.2) is 0 Å². The summed E-state index contributed by atoms with van der Waals surface area (Å²) in [5, 5.41) is 7.34. The van der Waals surface area contributed by atoms with Gasteiger partial charge in [0.05, 0.1) is 16.7 Å². The molecule has 0 saturated heterocycles. The third kappa shape index (κ3) is 6.49. The summed E-state index contributed by atoms with van der Waals surface area (Å²) in [6.07, 6.45) is 9.07. The smallest absolute Gasteiger partial charge is 0.0541 e. The maximum absolute atomic E-state index is 2.48. The lowest BCUT2D eigenvalue weighted by Gasteiger charge is -2.32. The fourth-order valence-corrected chi connectivity index (χ4v) is 11.2. The number of aromatic nitrogens is 1. The molecule has 0 spiro atoms. The van der Waals surface area contributed by atoms with E-state index in [0.29, 0.717) is 0 Å². The highest BCUT2D eigenvalue weighted by Crippen LogP contribution is 2.51. The Bertz CT molecular complexity index is 3850. The number of anilines is 5. The van der Waals surface area contributed by atoms with Gasteiger partial charge < -0.3 is 14.4 Å². The van der Waals surface area contributed by atoms with Crippen LogP contribution in [0.15, 0.2) is 242 Å². The van der Waals surface area contributed by atoms with Crippen LogP contribution in [0, 0.1) is 0 Å². The summed E-state index contributed by atoms with van der Waals surface area (Å²) in [5.41, 5.74) is 17.8. The maximum Gasteiger partial charge on any atom is 0.0541 e. The lowest BCUT2D eigenvalue weighted by molar-refractivity contribution is 0.660. The Morgan fingerprint density at radius 2 is 1.06 bits per heavy atom. The van der Waals surface area contributed by atoms with Crippen LogP contribution < -0.4 is 9.80 Å². The molecule has 0 N–H and O–H groups in total. The molecule has 0 saturated carbocycles. The lowest BCUT2D eigenvalue weighted by atomic mass is 9.82. The number of rotatable bonds is 8. The number of fused-ring (bicyclic) bond motifs is 8. The van der Waals surface area contributed by atoms with E-state index >= 15 is 0 Å². The number of hydrogen-bond donors (Lipinski definition) is 0. The van der Waals surface area contributed by atoms with Gasteiger partial charge in [0.25, 0.3) is 0 Å².